The van der Waals surface area contributed by atoms with E-state index in [1.807, 2.05) is 36.4 Å². The van der Waals surface area contributed by atoms with Gasteiger partial charge in [-0.1, -0.05) is 35.9 Å². The molecule has 1 unspecified atom stereocenters. The first-order chi connectivity index (χ1) is 12.5. The highest BCUT2D eigenvalue weighted by Gasteiger charge is 2.15. The van der Waals surface area contributed by atoms with Gasteiger partial charge in [-0.2, -0.15) is 0 Å². The summed E-state index contributed by atoms with van der Waals surface area (Å²) in [7, 11) is 7.59. The molecule has 2 N–H and O–H groups in total. The molecule has 2 rings (SSSR count). The van der Waals surface area contributed by atoms with Crippen LogP contribution in [0.1, 0.15) is 17.2 Å². The second kappa shape index (κ2) is 12.0. The highest BCUT2D eigenvalue weighted by atomic mass is 127. The van der Waals surface area contributed by atoms with E-state index in [0.29, 0.717) is 6.54 Å². The Bertz CT molecular complexity index is 722. The minimum Gasteiger partial charge on any atom is -0.497 e. The molecule has 0 saturated carbocycles. The second-order valence-corrected chi connectivity index (χ2v) is 6.63. The molecule has 0 spiro atoms. The van der Waals surface area contributed by atoms with Crippen molar-refractivity contribution in [3.05, 3.63) is 64.7 Å². The first-order valence-corrected chi connectivity index (χ1v) is 8.90. The summed E-state index contributed by atoms with van der Waals surface area (Å²) in [4.78, 5) is 6.48. The fraction of sp³-hybridized carbons (Fsp3) is 0.350. The molecule has 7 heteroatoms. The van der Waals surface area contributed by atoms with Crippen molar-refractivity contribution < 1.29 is 4.74 Å². The Morgan fingerprint density at radius 2 is 1.85 bits per heavy atom. The highest BCUT2D eigenvalue weighted by Crippen LogP contribution is 2.22. The van der Waals surface area contributed by atoms with Crippen molar-refractivity contribution in [3.63, 3.8) is 0 Å². The second-order valence-electron chi connectivity index (χ2n) is 6.19. The molecule has 0 aliphatic heterocycles. The molecule has 148 valence electrons. The number of halogens is 2. The van der Waals surface area contributed by atoms with Crippen molar-refractivity contribution >= 4 is 41.5 Å². The number of aliphatic imine (C=N–C) groups is 1. The number of hydrogen-bond acceptors (Lipinski definition) is 3. The molecule has 0 aromatic heterocycles. The first-order valence-electron chi connectivity index (χ1n) is 8.53. The van der Waals surface area contributed by atoms with Gasteiger partial charge in [0.15, 0.2) is 5.96 Å². The number of methoxy groups -OCH3 is 1. The molecule has 0 fully saturated rings. The average Bonchev–Trinajstić information content (AvgIpc) is 2.65. The third-order valence-electron chi connectivity index (χ3n) is 4.16. The summed E-state index contributed by atoms with van der Waals surface area (Å²) in [6.45, 7) is 1.41. The van der Waals surface area contributed by atoms with Crippen LogP contribution in [0.25, 0.3) is 0 Å². The number of hydrogen-bond donors (Lipinski definition) is 2. The SMILES string of the molecule is CN=C(NCc1ccc(Cl)cc1)NCC(c1cccc(OC)c1)N(C)C.I. The summed E-state index contributed by atoms with van der Waals surface area (Å²) < 4.78 is 5.34. The molecular formula is C20H28ClIN4O. The smallest absolute Gasteiger partial charge is 0.191 e. The Balaban J connectivity index is 0.00000364. The summed E-state index contributed by atoms with van der Waals surface area (Å²) in [6.07, 6.45) is 0. The number of ether oxygens (including phenoxy) is 1. The van der Waals surface area contributed by atoms with Gasteiger partial charge < -0.3 is 20.3 Å². The van der Waals surface area contributed by atoms with Crippen molar-refractivity contribution in [2.24, 2.45) is 4.99 Å². The van der Waals surface area contributed by atoms with Crippen LogP contribution < -0.4 is 15.4 Å². The van der Waals surface area contributed by atoms with Crippen molar-refractivity contribution in [3.8, 4) is 5.75 Å². The van der Waals surface area contributed by atoms with Crippen LogP contribution in [-0.4, -0.2) is 45.7 Å². The van der Waals surface area contributed by atoms with E-state index in [4.69, 9.17) is 16.3 Å². The first kappa shape index (κ1) is 23.5. The van der Waals surface area contributed by atoms with E-state index >= 15 is 0 Å². The summed E-state index contributed by atoms with van der Waals surface area (Å²) in [5.74, 6) is 1.62. The Morgan fingerprint density at radius 1 is 1.15 bits per heavy atom. The molecule has 0 aliphatic carbocycles. The van der Waals surface area contributed by atoms with E-state index in [1.165, 1.54) is 5.56 Å². The summed E-state index contributed by atoms with van der Waals surface area (Å²) in [5, 5.41) is 7.46. The van der Waals surface area contributed by atoms with E-state index in [0.717, 1.165) is 28.8 Å². The van der Waals surface area contributed by atoms with Crippen LogP contribution >= 0.6 is 35.6 Å². The van der Waals surface area contributed by atoms with Gasteiger partial charge in [0, 0.05) is 25.2 Å². The summed E-state index contributed by atoms with van der Waals surface area (Å²) in [5.41, 5.74) is 2.34. The molecule has 0 bridgehead atoms. The highest BCUT2D eigenvalue weighted by molar-refractivity contribution is 14.0. The molecule has 2 aromatic rings. The maximum atomic E-state index is 5.93. The predicted molar refractivity (Wildman–Crippen MR) is 124 cm³/mol. The minimum absolute atomic E-state index is 0. The normalized spacial score (nSPS) is 12.3. The standard InChI is InChI=1S/C20H27ClN4O.HI/c1-22-20(23-13-15-8-10-17(21)11-9-15)24-14-19(25(2)3)16-6-5-7-18(12-16)26-4;/h5-12,19H,13-14H2,1-4H3,(H2,22,23,24);1H. The Labute approximate surface area is 184 Å². The van der Waals surface area contributed by atoms with Crippen LogP contribution in [0.5, 0.6) is 5.75 Å². The van der Waals surface area contributed by atoms with E-state index < -0.39 is 0 Å². The van der Waals surface area contributed by atoms with Crippen molar-refractivity contribution in [2.75, 3.05) is 34.8 Å². The zero-order chi connectivity index (χ0) is 18.9. The van der Waals surface area contributed by atoms with Crippen molar-refractivity contribution in [1.82, 2.24) is 15.5 Å². The zero-order valence-corrected chi connectivity index (χ0v) is 19.3. The van der Waals surface area contributed by atoms with Crippen LogP contribution in [0.2, 0.25) is 5.02 Å². The van der Waals surface area contributed by atoms with E-state index in [-0.39, 0.29) is 30.0 Å². The summed E-state index contributed by atoms with van der Waals surface area (Å²) in [6, 6.07) is 16.1. The summed E-state index contributed by atoms with van der Waals surface area (Å²) >= 11 is 5.93. The number of likely N-dealkylation sites (N-methyl/N-ethyl adjacent to an activating group) is 1. The van der Waals surface area contributed by atoms with Gasteiger partial charge in [0.05, 0.1) is 13.2 Å². The minimum atomic E-state index is 0. The topological polar surface area (TPSA) is 48.9 Å². The Kier molecular flexibility index (Phi) is 10.5. The van der Waals surface area contributed by atoms with Crippen LogP contribution in [0, 0.1) is 0 Å². The molecule has 2 aromatic carbocycles. The van der Waals surface area contributed by atoms with Gasteiger partial charge in [-0.05, 0) is 49.5 Å². The molecule has 0 heterocycles. The van der Waals surface area contributed by atoms with E-state index in [1.54, 1.807) is 14.2 Å². The van der Waals surface area contributed by atoms with Crippen LogP contribution in [0.3, 0.4) is 0 Å². The molecular weight excluding hydrogens is 475 g/mol. The van der Waals surface area contributed by atoms with Gasteiger partial charge in [-0.3, -0.25) is 4.99 Å². The number of benzene rings is 2. The monoisotopic (exact) mass is 502 g/mol. The van der Waals surface area contributed by atoms with Gasteiger partial charge in [0.1, 0.15) is 5.75 Å². The quantitative estimate of drug-likeness (QED) is 0.342. The molecule has 0 saturated heterocycles. The number of rotatable bonds is 7. The number of guanidine groups is 1. The third-order valence-corrected chi connectivity index (χ3v) is 4.41. The average molecular weight is 503 g/mol. The van der Waals surface area contributed by atoms with Crippen molar-refractivity contribution in [1.29, 1.82) is 0 Å². The Hall–Kier alpha value is -1.51. The lowest BCUT2D eigenvalue weighted by Gasteiger charge is -2.26. The lowest BCUT2D eigenvalue weighted by molar-refractivity contribution is 0.297. The van der Waals surface area contributed by atoms with Crippen molar-refractivity contribution in [2.45, 2.75) is 12.6 Å². The zero-order valence-electron chi connectivity index (χ0n) is 16.2. The third kappa shape index (κ3) is 7.56. The Morgan fingerprint density at radius 3 is 2.44 bits per heavy atom. The molecule has 0 radical (unpaired) electrons. The van der Waals surface area contributed by atoms with Gasteiger partial charge >= 0.3 is 0 Å². The molecule has 0 aliphatic rings. The number of nitrogens with zero attached hydrogens (tertiary/aromatic N) is 2. The fourth-order valence-corrected chi connectivity index (χ4v) is 2.78. The maximum Gasteiger partial charge on any atom is 0.191 e. The van der Waals surface area contributed by atoms with E-state index in [2.05, 4.69) is 46.8 Å². The van der Waals surface area contributed by atoms with Gasteiger partial charge in [0.2, 0.25) is 0 Å². The molecule has 27 heavy (non-hydrogen) atoms. The van der Waals surface area contributed by atoms with Crippen LogP contribution in [0.15, 0.2) is 53.5 Å². The van der Waals surface area contributed by atoms with Gasteiger partial charge in [0.25, 0.3) is 0 Å². The molecule has 1 atom stereocenters. The fourth-order valence-electron chi connectivity index (χ4n) is 2.65. The number of nitrogens with one attached hydrogen (secondary N) is 2. The lowest BCUT2D eigenvalue weighted by Crippen LogP contribution is -2.41. The lowest BCUT2D eigenvalue weighted by atomic mass is 10.1. The molecule has 5 nitrogen and oxygen atoms in total. The van der Waals surface area contributed by atoms with Crippen LogP contribution in [0.4, 0.5) is 0 Å². The van der Waals surface area contributed by atoms with E-state index in [9.17, 15) is 0 Å². The molecule has 0 amide bonds. The van der Waals surface area contributed by atoms with Gasteiger partial charge in [-0.15, -0.1) is 24.0 Å². The largest absolute Gasteiger partial charge is 0.497 e. The maximum absolute atomic E-state index is 5.93. The van der Waals surface area contributed by atoms with Gasteiger partial charge in [-0.25, -0.2) is 0 Å². The predicted octanol–water partition coefficient (Wildman–Crippen LogP) is 3.93. The van der Waals surface area contributed by atoms with Crippen LogP contribution in [-0.2, 0) is 6.54 Å².